The molecule has 1 N–H and O–H groups in total. The van der Waals surface area contributed by atoms with E-state index in [0.29, 0.717) is 4.47 Å². The van der Waals surface area contributed by atoms with Gasteiger partial charge in [-0.05, 0) is 28.1 Å². The Kier molecular flexibility index (Phi) is 4.49. The Bertz CT molecular complexity index is 499. The third kappa shape index (κ3) is 4.58. The smallest absolute Gasteiger partial charge is 0.422 e. The number of hydrogen-bond donors (Lipinski definition) is 1. The van der Waals surface area contributed by atoms with Gasteiger partial charge in [-0.15, -0.1) is 0 Å². The summed E-state index contributed by atoms with van der Waals surface area (Å²) < 4.78 is 39.6. The number of aromatic nitrogens is 1. The van der Waals surface area contributed by atoms with Gasteiger partial charge in [-0.2, -0.15) is 18.4 Å². The fraction of sp³-hybridized carbons (Fsp3) is 0.222. The van der Waals surface area contributed by atoms with Crippen molar-refractivity contribution in [1.29, 1.82) is 5.26 Å². The fourth-order valence-electron chi connectivity index (χ4n) is 0.878. The number of amides is 1. The summed E-state index contributed by atoms with van der Waals surface area (Å²) in [7, 11) is 0. The number of hydrogen-bond acceptors (Lipinski definition) is 4. The largest absolute Gasteiger partial charge is 0.440 e. The third-order valence-corrected chi connectivity index (χ3v) is 2.19. The second-order valence-corrected chi connectivity index (χ2v) is 3.81. The molecule has 9 heteroatoms. The highest BCUT2D eigenvalue weighted by atomic mass is 79.9. The molecule has 1 rings (SSSR count). The zero-order valence-electron chi connectivity index (χ0n) is 8.58. The second-order valence-electron chi connectivity index (χ2n) is 2.96. The molecule has 0 aliphatic rings. The van der Waals surface area contributed by atoms with E-state index in [-0.39, 0.29) is 11.5 Å². The van der Waals surface area contributed by atoms with Gasteiger partial charge in [0.2, 0.25) is 0 Å². The van der Waals surface area contributed by atoms with Crippen LogP contribution in [0.3, 0.4) is 0 Å². The van der Waals surface area contributed by atoms with Gasteiger partial charge in [0.25, 0.3) is 0 Å². The van der Waals surface area contributed by atoms with Gasteiger partial charge in [0.15, 0.2) is 12.3 Å². The fourth-order valence-corrected chi connectivity index (χ4v) is 1.19. The Hall–Kier alpha value is -1.82. The van der Waals surface area contributed by atoms with Gasteiger partial charge in [0.1, 0.15) is 11.9 Å². The zero-order chi connectivity index (χ0) is 13.8. The van der Waals surface area contributed by atoms with Crippen LogP contribution in [0.25, 0.3) is 0 Å². The van der Waals surface area contributed by atoms with E-state index in [1.54, 1.807) is 6.07 Å². The molecular weight excluding hydrogens is 319 g/mol. The van der Waals surface area contributed by atoms with E-state index in [4.69, 9.17) is 5.26 Å². The van der Waals surface area contributed by atoms with Crippen molar-refractivity contribution in [2.24, 2.45) is 0 Å². The van der Waals surface area contributed by atoms with Crippen LogP contribution in [0.4, 0.5) is 23.8 Å². The highest BCUT2D eigenvalue weighted by Crippen LogP contribution is 2.17. The maximum atomic E-state index is 11.8. The molecule has 0 aliphatic carbocycles. The Balaban J connectivity index is 2.63. The van der Waals surface area contributed by atoms with Crippen LogP contribution in [0.1, 0.15) is 5.69 Å². The lowest BCUT2D eigenvalue weighted by atomic mass is 10.3. The maximum absolute atomic E-state index is 11.8. The predicted molar refractivity (Wildman–Crippen MR) is 57.7 cm³/mol. The van der Waals surface area contributed by atoms with Crippen LogP contribution in [0.5, 0.6) is 0 Å². The summed E-state index contributed by atoms with van der Waals surface area (Å²) in [5.74, 6) is -0.0816. The summed E-state index contributed by atoms with van der Waals surface area (Å²) in [5, 5.41) is 10.6. The zero-order valence-corrected chi connectivity index (χ0v) is 10.2. The van der Waals surface area contributed by atoms with Crippen molar-refractivity contribution in [3.63, 3.8) is 0 Å². The molecule has 0 radical (unpaired) electrons. The molecule has 0 saturated heterocycles. The van der Waals surface area contributed by atoms with E-state index >= 15 is 0 Å². The molecule has 1 aromatic rings. The topological polar surface area (TPSA) is 75.0 Å². The minimum atomic E-state index is -4.59. The standard InChI is InChI=1S/C9H5BrF3N3O2/c10-5-1-2-7(15-6(5)3-14)16-8(17)18-4-9(11,12)13/h1-2H,4H2,(H,15,16,17). The molecule has 0 fully saturated rings. The number of nitriles is 1. The lowest BCUT2D eigenvalue weighted by molar-refractivity contribution is -0.159. The van der Waals surface area contributed by atoms with Crippen molar-refractivity contribution in [1.82, 2.24) is 4.98 Å². The van der Waals surface area contributed by atoms with Crippen LogP contribution in [-0.4, -0.2) is 23.9 Å². The Labute approximate surface area is 108 Å². The number of halogens is 4. The molecule has 0 unspecified atom stereocenters. The van der Waals surface area contributed by atoms with Crippen LogP contribution < -0.4 is 5.32 Å². The predicted octanol–water partition coefficient (Wildman–Crippen LogP) is 2.83. The first-order valence-electron chi connectivity index (χ1n) is 4.39. The molecule has 18 heavy (non-hydrogen) atoms. The summed E-state index contributed by atoms with van der Waals surface area (Å²) >= 11 is 3.04. The lowest BCUT2D eigenvalue weighted by Gasteiger charge is -2.08. The van der Waals surface area contributed by atoms with Gasteiger partial charge in [0.05, 0.1) is 4.47 Å². The summed E-state index contributed by atoms with van der Waals surface area (Å²) in [4.78, 5) is 14.6. The number of ether oxygens (including phenoxy) is 1. The van der Waals surface area contributed by atoms with Gasteiger partial charge in [-0.1, -0.05) is 0 Å². The van der Waals surface area contributed by atoms with E-state index in [9.17, 15) is 18.0 Å². The number of anilines is 1. The number of rotatable bonds is 2. The SMILES string of the molecule is N#Cc1nc(NC(=O)OCC(F)(F)F)ccc1Br. The van der Waals surface area contributed by atoms with Crippen molar-refractivity contribution in [2.45, 2.75) is 6.18 Å². The molecule has 5 nitrogen and oxygen atoms in total. The van der Waals surface area contributed by atoms with E-state index in [1.807, 2.05) is 5.32 Å². The van der Waals surface area contributed by atoms with Gasteiger partial charge < -0.3 is 4.74 Å². The number of carbonyl (C=O) groups is 1. The van der Waals surface area contributed by atoms with Crippen LogP contribution in [0, 0.1) is 11.3 Å². The average molecular weight is 324 g/mol. The van der Waals surface area contributed by atoms with Gasteiger partial charge in [-0.3, -0.25) is 5.32 Å². The summed E-state index contributed by atoms with van der Waals surface area (Å²) in [6.45, 7) is -1.69. The maximum Gasteiger partial charge on any atom is 0.422 e. The van der Waals surface area contributed by atoms with Crippen LogP contribution in [-0.2, 0) is 4.74 Å². The second kappa shape index (κ2) is 5.68. The van der Waals surface area contributed by atoms with Gasteiger partial charge in [-0.25, -0.2) is 9.78 Å². The van der Waals surface area contributed by atoms with Crippen molar-refractivity contribution in [3.8, 4) is 6.07 Å². The average Bonchev–Trinajstić information content (AvgIpc) is 2.28. The normalized spacial score (nSPS) is 10.6. The quantitative estimate of drug-likeness (QED) is 0.908. The minimum Gasteiger partial charge on any atom is -0.440 e. The van der Waals surface area contributed by atoms with Crippen LogP contribution in [0.15, 0.2) is 16.6 Å². The number of pyridine rings is 1. The Morgan fingerprint density at radius 2 is 2.22 bits per heavy atom. The van der Waals surface area contributed by atoms with Gasteiger partial charge >= 0.3 is 12.3 Å². The molecule has 0 aliphatic heterocycles. The lowest BCUT2D eigenvalue weighted by Crippen LogP contribution is -2.23. The van der Waals surface area contributed by atoms with Crippen LogP contribution >= 0.6 is 15.9 Å². The number of nitrogens with zero attached hydrogens (tertiary/aromatic N) is 2. The first-order valence-corrected chi connectivity index (χ1v) is 5.18. The van der Waals surface area contributed by atoms with Gasteiger partial charge in [0, 0.05) is 0 Å². The monoisotopic (exact) mass is 323 g/mol. The summed E-state index contributed by atoms with van der Waals surface area (Å²) in [5.41, 5.74) is -0.0105. The summed E-state index contributed by atoms with van der Waals surface area (Å²) in [6.07, 6.45) is -5.89. The Morgan fingerprint density at radius 1 is 1.56 bits per heavy atom. The molecule has 1 amide bonds. The third-order valence-electron chi connectivity index (χ3n) is 1.55. The van der Waals surface area contributed by atoms with E-state index in [0.717, 1.165) is 0 Å². The van der Waals surface area contributed by atoms with E-state index < -0.39 is 18.9 Å². The highest BCUT2D eigenvalue weighted by molar-refractivity contribution is 9.10. The highest BCUT2D eigenvalue weighted by Gasteiger charge is 2.29. The van der Waals surface area contributed by atoms with Crippen molar-refractivity contribution >= 4 is 27.8 Å². The first kappa shape index (κ1) is 14.2. The van der Waals surface area contributed by atoms with Crippen molar-refractivity contribution < 1.29 is 22.7 Å². The molecular formula is C9H5BrF3N3O2. The summed E-state index contributed by atoms with van der Waals surface area (Å²) in [6, 6.07) is 4.46. The van der Waals surface area contributed by atoms with Crippen LogP contribution in [0.2, 0.25) is 0 Å². The van der Waals surface area contributed by atoms with Crippen molar-refractivity contribution in [3.05, 3.63) is 22.3 Å². The minimum absolute atomic E-state index is 0.0105. The van der Waals surface area contributed by atoms with Crippen molar-refractivity contribution in [2.75, 3.05) is 11.9 Å². The van der Waals surface area contributed by atoms with E-state index in [1.165, 1.54) is 12.1 Å². The molecule has 1 aromatic heterocycles. The molecule has 96 valence electrons. The first-order chi connectivity index (χ1) is 8.31. The molecule has 0 saturated carbocycles. The molecule has 0 aromatic carbocycles. The number of carbonyl (C=O) groups excluding carboxylic acids is 1. The number of alkyl halides is 3. The number of nitrogens with one attached hydrogen (secondary N) is 1. The molecule has 0 bridgehead atoms. The van der Waals surface area contributed by atoms with E-state index in [2.05, 4.69) is 25.7 Å². The molecule has 0 atom stereocenters. The Morgan fingerprint density at radius 3 is 2.78 bits per heavy atom. The molecule has 1 heterocycles. The molecule has 0 spiro atoms.